The second kappa shape index (κ2) is 6.24. The molecular formula is C13H25F3N2. The van der Waals surface area contributed by atoms with Crippen LogP contribution in [0, 0.1) is 5.92 Å². The fourth-order valence-electron chi connectivity index (χ4n) is 3.00. The van der Waals surface area contributed by atoms with Crippen LogP contribution in [0.25, 0.3) is 0 Å². The van der Waals surface area contributed by atoms with E-state index in [1.54, 1.807) is 14.0 Å². The van der Waals surface area contributed by atoms with E-state index in [4.69, 9.17) is 5.73 Å². The molecule has 4 unspecified atom stereocenters. The summed E-state index contributed by atoms with van der Waals surface area (Å²) in [6, 6.07) is -2.34. The number of nitrogens with zero attached hydrogens (tertiary/aromatic N) is 1. The van der Waals surface area contributed by atoms with E-state index in [0.717, 1.165) is 25.7 Å². The molecule has 2 nitrogen and oxygen atoms in total. The first-order chi connectivity index (χ1) is 8.27. The van der Waals surface area contributed by atoms with Gasteiger partial charge in [-0.25, -0.2) is 0 Å². The van der Waals surface area contributed by atoms with Crippen LogP contribution >= 0.6 is 0 Å². The van der Waals surface area contributed by atoms with E-state index in [1.807, 2.05) is 0 Å². The molecule has 0 amide bonds. The van der Waals surface area contributed by atoms with Crippen LogP contribution in [0.5, 0.6) is 0 Å². The first-order valence-corrected chi connectivity index (χ1v) is 6.81. The van der Waals surface area contributed by atoms with Crippen molar-refractivity contribution in [1.29, 1.82) is 0 Å². The normalized spacial score (nSPS) is 29.3. The minimum Gasteiger partial charge on any atom is -0.326 e. The monoisotopic (exact) mass is 266 g/mol. The van der Waals surface area contributed by atoms with Crippen LogP contribution in [0.4, 0.5) is 13.2 Å². The summed E-state index contributed by atoms with van der Waals surface area (Å²) in [6.07, 6.45) is -0.0615. The zero-order valence-electron chi connectivity index (χ0n) is 11.5. The number of rotatable bonds is 4. The summed E-state index contributed by atoms with van der Waals surface area (Å²) < 4.78 is 39.4. The molecule has 1 saturated carbocycles. The average Bonchev–Trinajstić information content (AvgIpc) is 2.27. The quantitative estimate of drug-likeness (QED) is 0.847. The maximum absolute atomic E-state index is 13.1. The van der Waals surface area contributed by atoms with Gasteiger partial charge in [-0.3, -0.25) is 4.90 Å². The predicted octanol–water partition coefficient (Wildman–Crippen LogP) is 3.17. The van der Waals surface area contributed by atoms with Gasteiger partial charge in [0.05, 0.1) is 0 Å². The van der Waals surface area contributed by atoms with Crippen molar-refractivity contribution in [2.45, 2.75) is 70.3 Å². The molecule has 0 radical (unpaired) electrons. The lowest BCUT2D eigenvalue weighted by Crippen LogP contribution is -2.58. The molecular weight excluding hydrogens is 241 g/mol. The summed E-state index contributed by atoms with van der Waals surface area (Å²) in [5.41, 5.74) is 5.68. The van der Waals surface area contributed by atoms with Gasteiger partial charge >= 0.3 is 6.18 Å². The van der Waals surface area contributed by atoms with E-state index in [1.165, 1.54) is 4.90 Å². The number of hydrogen-bond donors (Lipinski definition) is 1. The predicted molar refractivity (Wildman–Crippen MR) is 67.3 cm³/mol. The molecule has 0 heterocycles. The van der Waals surface area contributed by atoms with Crippen LogP contribution in [-0.4, -0.2) is 36.2 Å². The molecule has 1 fully saturated rings. The lowest BCUT2D eigenvalue weighted by molar-refractivity contribution is -0.193. The van der Waals surface area contributed by atoms with Crippen LogP contribution in [0.2, 0.25) is 0 Å². The number of halogens is 3. The zero-order chi connectivity index (χ0) is 13.9. The fourth-order valence-corrected chi connectivity index (χ4v) is 3.00. The van der Waals surface area contributed by atoms with Crippen LogP contribution in [0.15, 0.2) is 0 Å². The van der Waals surface area contributed by atoms with E-state index < -0.39 is 18.3 Å². The van der Waals surface area contributed by atoms with E-state index in [2.05, 4.69) is 6.92 Å². The Balaban J connectivity index is 2.78. The lowest BCUT2D eigenvalue weighted by Gasteiger charge is -2.41. The topological polar surface area (TPSA) is 29.3 Å². The molecule has 0 spiro atoms. The lowest BCUT2D eigenvalue weighted by atomic mass is 9.85. The van der Waals surface area contributed by atoms with E-state index in [0.29, 0.717) is 12.3 Å². The second-order valence-corrected chi connectivity index (χ2v) is 5.65. The Morgan fingerprint density at radius 2 is 1.94 bits per heavy atom. The number of nitrogens with two attached hydrogens (primary N) is 1. The Morgan fingerprint density at radius 1 is 1.33 bits per heavy atom. The SMILES string of the molecule is CCC(N)C(N(C)C1CCCC(C)C1)C(F)(F)F. The van der Waals surface area contributed by atoms with Gasteiger partial charge in [-0.2, -0.15) is 13.2 Å². The van der Waals surface area contributed by atoms with Crippen LogP contribution in [0.1, 0.15) is 46.0 Å². The average molecular weight is 266 g/mol. The summed E-state index contributed by atoms with van der Waals surface area (Å²) in [6.45, 7) is 3.82. The number of hydrogen-bond acceptors (Lipinski definition) is 2. The molecule has 108 valence electrons. The van der Waals surface area contributed by atoms with Crippen molar-refractivity contribution in [3.8, 4) is 0 Å². The largest absolute Gasteiger partial charge is 0.405 e. The summed E-state index contributed by atoms with van der Waals surface area (Å²) in [5, 5.41) is 0. The Kier molecular flexibility index (Phi) is 5.46. The smallest absolute Gasteiger partial charge is 0.326 e. The van der Waals surface area contributed by atoms with E-state index in [9.17, 15) is 13.2 Å². The maximum Gasteiger partial charge on any atom is 0.405 e. The zero-order valence-corrected chi connectivity index (χ0v) is 11.5. The van der Waals surface area contributed by atoms with E-state index in [-0.39, 0.29) is 6.04 Å². The first-order valence-electron chi connectivity index (χ1n) is 6.81. The van der Waals surface area contributed by atoms with Crippen LogP contribution in [0.3, 0.4) is 0 Å². The van der Waals surface area contributed by atoms with Gasteiger partial charge in [-0.05, 0) is 32.2 Å². The van der Waals surface area contributed by atoms with Crippen molar-refractivity contribution >= 4 is 0 Å². The van der Waals surface area contributed by atoms with Crippen molar-refractivity contribution in [3.05, 3.63) is 0 Å². The highest BCUT2D eigenvalue weighted by Gasteiger charge is 2.47. The van der Waals surface area contributed by atoms with Crippen molar-refractivity contribution in [3.63, 3.8) is 0 Å². The molecule has 2 N–H and O–H groups in total. The molecule has 0 aromatic carbocycles. The second-order valence-electron chi connectivity index (χ2n) is 5.65. The first kappa shape index (κ1) is 15.8. The van der Waals surface area contributed by atoms with Crippen LogP contribution < -0.4 is 5.73 Å². The molecule has 5 heteroatoms. The maximum atomic E-state index is 13.1. The third-order valence-corrected chi connectivity index (χ3v) is 4.14. The molecule has 1 aliphatic rings. The van der Waals surface area contributed by atoms with Gasteiger partial charge in [0.2, 0.25) is 0 Å². The number of alkyl halides is 3. The summed E-state index contributed by atoms with van der Waals surface area (Å²) in [7, 11) is 1.58. The summed E-state index contributed by atoms with van der Waals surface area (Å²) in [4.78, 5) is 1.48. The van der Waals surface area contributed by atoms with Crippen molar-refractivity contribution < 1.29 is 13.2 Å². The molecule has 0 aliphatic heterocycles. The molecule has 0 bridgehead atoms. The third-order valence-electron chi connectivity index (χ3n) is 4.14. The van der Waals surface area contributed by atoms with Gasteiger partial charge in [0, 0.05) is 12.1 Å². The fraction of sp³-hybridized carbons (Fsp3) is 1.00. The molecule has 0 aromatic rings. The standard InChI is InChI=1S/C13H25F3N2/c1-4-11(17)12(13(14,15)16)18(3)10-7-5-6-9(2)8-10/h9-12H,4-8,17H2,1-3H3. The Hall–Kier alpha value is -0.290. The van der Waals surface area contributed by atoms with Gasteiger partial charge in [0.1, 0.15) is 6.04 Å². The number of likely N-dealkylation sites (N-methyl/N-ethyl adjacent to an activating group) is 1. The molecule has 0 aromatic heterocycles. The van der Waals surface area contributed by atoms with Gasteiger partial charge in [0.15, 0.2) is 0 Å². The molecule has 1 aliphatic carbocycles. The van der Waals surface area contributed by atoms with Crippen molar-refractivity contribution in [1.82, 2.24) is 4.90 Å². The highest BCUT2D eigenvalue weighted by Crippen LogP contribution is 2.33. The van der Waals surface area contributed by atoms with Gasteiger partial charge in [-0.15, -0.1) is 0 Å². The van der Waals surface area contributed by atoms with Crippen molar-refractivity contribution in [2.75, 3.05) is 7.05 Å². The Labute approximate surface area is 108 Å². The molecule has 1 rings (SSSR count). The Bertz CT molecular complexity index is 255. The highest BCUT2D eigenvalue weighted by molar-refractivity contribution is 4.90. The van der Waals surface area contributed by atoms with E-state index >= 15 is 0 Å². The molecule has 18 heavy (non-hydrogen) atoms. The van der Waals surface area contributed by atoms with Gasteiger partial charge < -0.3 is 5.73 Å². The van der Waals surface area contributed by atoms with Gasteiger partial charge in [-0.1, -0.05) is 26.7 Å². The summed E-state index contributed by atoms with van der Waals surface area (Å²) >= 11 is 0. The Morgan fingerprint density at radius 3 is 2.39 bits per heavy atom. The minimum atomic E-state index is -4.25. The summed E-state index contributed by atoms with van der Waals surface area (Å²) in [5.74, 6) is 0.512. The third kappa shape index (κ3) is 3.85. The minimum absolute atomic E-state index is 0.0120. The van der Waals surface area contributed by atoms with Gasteiger partial charge in [0.25, 0.3) is 0 Å². The molecule has 4 atom stereocenters. The highest BCUT2D eigenvalue weighted by atomic mass is 19.4. The van der Waals surface area contributed by atoms with Crippen molar-refractivity contribution in [2.24, 2.45) is 11.7 Å². The van der Waals surface area contributed by atoms with Crippen LogP contribution in [-0.2, 0) is 0 Å². The molecule has 0 saturated heterocycles.